The third-order valence-electron chi connectivity index (χ3n) is 2.65. The van der Waals surface area contributed by atoms with Crippen LogP contribution in [0.3, 0.4) is 0 Å². The molecule has 0 unspecified atom stereocenters. The van der Waals surface area contributed by atoms with Gasteiger partial charge < -0.3 is 9.47 Å². The molecule has 0 saturated heterocycles. The van der Waals surface area contributed by atoms with E-state index in [1.54, 1.807) is 26.8 Å². The summed E-state index contributed by atoms with van der Waals surface area (Å²) >= 11 is 0. The van der Waals surface area contributed by atoms with Gasteiger partial charge in [0.05, 0.1) is 6.61 Å². The Hall–Kier alpha value is -1.78. The van der Waals surface area contributed by atoms with Crippen molar-refractivity contribution in [2.24, 2.45) is 0 Å². The molecule has 1 aromatic carbocycles. The van der Waals surface area contributed by atoms with Gasteiger partial charge in [0.2, 0.25) is 0 Å². The first kappa shape index (κ1) is 13.6. The number of hydrogen-bond donors (Lipinski definition) is 1. The molecule has 1 aliphatic rings. The average molecular weight is 267 g/mol. The predicted molar refractivity (Wildman–Crippen MR) is 70.1 cm³/mol. The number of aryl methyl sites for hydroxylation is 1. The van der Waals surface area contributed by atoms with E-state index >= 15 is 0 Å². The van der Waals surface area contributed by atoms with Crippen molar-refractivity contribution in [1.29, 1.82) is 0 Å². The van der Waals surface area contributed by atoms with Gasteiger partial charge in [-0.25, -0.2) is 9.18 Å². The van der Waals surface area contributed by atoms with Crippen molar-refractivity contribution in [3.05, 3.63) is 23.5 Å². The second-order valence-corrected chi connectivity index (χ2v) is 5.49. The Morgan fingerprint density at radius 2 is 2.16 bits per heavy atom. The minimum absolute atomic E-state index is 0.0615. The Balaban J connectivity index is 2.22. The minimum Gasteiger partial charge on any atom is -0.491 e. The van der Waals surface area contributed by atoms with Crippen molar-refractivity contribution >= 4 is 11.8 Å². The molecule has 0 radical (unpaired) electrons. The van der Waals surface area contributed by atoms with Crippen LogP contribution in [0.15, 0.2) is 12.1 Å². The van der Waals surface area contributed by atoms with Crippen LogP contribution in [-0.2, 0) is 11.2 Å². The summed E-state index contributed by atoms with van der Waals surface area (Å²) in [7, 11) is 0. The fraction of sp³-hybridized carbons (Fsp3) is 0.500. The van der Waals surface area contributed by atoms with Crippen LogP contribution in [0.5, 0.6) is 5.75 Å². The van der Waals surface area contributed by atoms with Crippen molar-refractivity contribution in [2.45, 2.75) is 39.2 Å². The molecule has 1 aromatic rings. The molecule has 0 aliphatic carbocycles. The quantitative estimate of drug-likeness (QED) is 0.847. The highest BCUT2D eigenvalue weighted by atomic mass is 19.1. The summed E-state index contributed by atoms with van der Waals surface area (Å²) in [6, 6.07) is 3.02. The molecule has 5 heteroatoms. The van der Waals surface area contributed by atoms with E-state index in [1.165, 1.54) is 6.07 Å². The number of carbonyl (C=O) groups excluding carboxylic acids is 1. The highest BCUT2D eigenvalue weighted by molar-refractivity contribution is 5.87. The van der Waals surface area contributed by atoms with E-state index in [1.807, 2.05) is 0 Å². The van der Waals surface area contributed by atoms with E-state index in [2.05, 4.69) is 5.32 Å². The highest BCUT2D eigenvalue weighted by Gasteiger charge is 2.22. The van der Waals surface area contributed by atoms with Crippen molar-refractivity contribution < 1.29 is 18.7 Å². The van der Waals surface area contributed by atoms with Gasteiger partial charge in [-0.1, -0.05) is 6.07 Å². The van der Waals surface area contributed by atoms with Crippen LogP contribution in [0, 0.1) is 5.82 Å². The van der Waals surface area contributed by atoms with Crippen molar-refractivity contribution in [3.8, 4) is 5.75 Å². The SMILES string of the molecule is CC(C)(C)OC(=O)Nc1c(F)ccc2c1OCCC2. The van der Waals surface area contributed by atoms with Crippen LogP contribution >= 0.6 is 0 Å². The molecule has 0 atom stereocenters. The maximum absolute atomic E-state index is 13.8. The standard InChI is InChI=1S/C14H18FNO3/c1-14(2,3)19-13(17)16-11-10(15)7-6-9-5-4-8-18-12(9)11/h6-7H,4-5,8H2,1-3H3,(H,16,17). The molecule has 104 valence electrons. The zero-order valence-corrected chi connectivity index (χ0v) is 11.4. The topological polar surface area (TPSA) is 47.6 Å². The van der Waals surface area contributed by atoms with Gasteiger partial charge in [-0.05, 0) is 45.2 Å². The number of anilines is 1. The number of carbonyl (C=O) groups is 1. The Kier molecular flexibility index (Phi) is 3.64. The van der Waals surface area contributed by atoms with Gasteiger partial charge >= 0.3 is 6.09 Å². The van der Waals surface area contributed by atoms with Gasteiger partial charge in [0.1, 0.15) is 17.0 Å². The molecule has 19 heavy (non-hydrogen) atoms. The maximum atomic E-state index is 13.8. The molecule has 1 heterocycles. The fourth-order valence-corrected chi connectivity index (χ4v) is 1.92. The second kappa shape index (κ2) is 5.07. The van der Waals surface area contributed by atoms with E-state index in [-0.39, 0.29) is 5.69 Å². The van der Waals surface area contributed by atoms with Gasteiger partial charge in [0.25, 0.3) is 0 Å². The van der Waals surface area contributed by atoms with Gasteiger partial charge in [-0.3, -0.25) is 5.32 Å². The number of ether oxygens (including phenoxy) is 2. The van der Waals surface area contributed by atoms with E-state index < -0.39 is 17.5 Å². The Labute approximate surface area is 111 Å². The van der Waals surface area contributed by atoms with Crippen LogP contribution in [-0.4, -0.2) is 18.3 Å². The number of benzene rings is 1. The summed E-state index contributed by atoms with van der Waals surface area (Å²) in [4.78, 5) is 11.7. The lowest BCUT2D eigenvalue weighted by Gasteiger charge is -2.23. The highest BCUT2D eigenvalue weighted by Crippen LogP contribution is 2.35. The summed E-state index contributed by atoms with van der Waals surface area (Å²) in [5, 5.41) is 2.43. The third kappa shape index (κ3) is 3.36. The maximum Gasteiger partial charge on any atom is 0.412 e. The molecule has 0 spiro atoms. The lowest BCUT2D eigenvalue weighted by Crippen LogP contribution is -2.28. The number of nitrogens with one attached hydrogen (secondary N) is 1. The number of hydrogen-bond acceptors (Lipinski definition) is 3. The number of fused-ring (bicyclic) bond motifs is 1. The van der Waals surface area contributed by atoms with Crippen LogP contribution in [0.25, 0.3) is 0 Å². The van der Waals surface area contributed by atoms with Gasteiger partial charge in [-0.15, -0.1) is 0 Å². The average Bonchev–Trinajstić information content (AvgIpc) is 2.31. The first-order valence-corrected chi connectivity index (χ1v) is 6.31. The summed E-state index contributed by atoms with van der Waals surface area (Å²) < 4.78 is 24.4. The molecular formula is C14H18FNO3. The normalized spacial score (nSPS) is 14.3. The zero-order valence-electron chi connectivity index (χ0n) is 11.4. The van der Waals surface area contributed by atoms with E-state index in [4.69, 9.17) is 9.47 Å². The van der Waals surface area contributed by atoms with E-state index in [9.17, 15) is 9.18 Å². The number of halogens is 1. The molecule has 1 aliphatic heterocycles. The van der Waals surface area contributed by atoms with Gasteiger partial charge in [0, 0.05) is 0 Å². The summed E-state index contributed by atoms with van der Waals surface area (Å²) in [5.74, 6) is -0.108. The van der Waals surface area contributed by atoms with Crippen LogP contribution in [0.1, 0.15) is 32.8 Å². The zero-order chi connectivity index (χ0) is 14.0. The van der Waals surface area contributed by atoms with Crippen molar-refractivity contribution in [3.63, 3.8) is 0 Å². The molecule has 0 saturated carbocycles. The number of amides is 1. The summed E-state index contributed by atoms with van der Waals surface area (Å²) in [6.07, 6.45) is 1.03. The second-order valence-electron chi connectivity index (χ2n) is 5.49. The molecule has 1 amide bonds. The largest absolute Gasteiger partial charge is 0.491 e. The van der Waals surface area contributed by atoms with Crippen LogP contribution < -0.4 is 10.1 Å². The Morgan fingerprint density at radius 3 is 2.84 bits per heavy atom. The van der Waals surface area contributed by atoms with Crippen molar-refractivity contribution in [2.75, 3.05) is 11.9 Å². The molecule has 0 aromatic heterocycles. The third-order valence-corrected chi connectivity index (χ3v) is 2.65. The molecule has 0 bridgehead atoms. The van der Waals surface area contributed by atoms with Crippen LogP contribution in [0.2, 0.25) is 0 Å². The smallest absolute Gasteiger partial charge is 0.412 e. The fourth-order valence-electron chi connectivity index (χ4n) is 1.92. The van der Waals surface area contributed by atoms with Gasteiger partial charge in [-0.2, -0.15) is 0 Å². The van der Waals surface area contributed by atoms with E-state index in [0.29, 0.717) is 12.4 Å². The molecule has 1 N–H and O–H groups in total. The molecular weight excluding hydrogens is 249 g/mol. The lowest BCUT2D eigenvalue weighted by atomic mass is 10.1. The first-order valence-electron chi connectivity index (χ1n) is 6.31. The Bertz CT molecular complexity index is 494. The van der Waals surface area contributed by atoms with Crippen molar-refractivity contribution in [1.82, 2.24) is 0 Å². The molecule has 4 nitrogen and oxygen atoms in total. The Morgan fingerprint density at radius 1 is 1.42 bits per heavy atom. The first-order chi connectivity index (χ1) is 8.87. The predicted octanol–water partition coefficient (Wildman–Crippen LogP) is 3.50. The minimum atomic E-state index is -0.686. The monoisotopic (exact) mass is 267 g/mol. The summed E-state index contributed by atoms with van der Waals surface area (Å²) in [6.45, 7) is 5.78. The lowest BCUT2D eigenvalue weighted by molar-refractivity contribution is 0.0634. The van der Waals surface area contributed by atoms with Crippen LogP contribution in [0.4, 0.5) is 14.9 Å². The molecule has 0 fully saturated rings. The summed E-state index contributed by atoms with van der Waals surface area (Å²) in [5.41, 5.74) is 0.334. The van der Waals surface area contributed by atoms with Gasteiger partial charge in [0.15, 0.2) is 5.82 Å². The number of rotatable bonds is 1. The molecule has 2 rings (SSSR count). The van der Waals surface area contributed by atoms with E-state index in [0.717, 1.165) is 18.4 Å².